The van der Waals surface area contributed by atoms with Gasteiger partial charge in [-0.3, -0.25) is 4.90 Å². The predicted octanol–water partition coefficient (Wildman–Crippen LogP) is 9.96. The van der Waals surface area contributed by atoms with Gasteiger partial charge in [-0.2, -0.15) is 0 Å². The average molecular weight is 580 g/mol. The molecule has 2 aliphatic carbocycles. The Morgan fingerprint density at radius 1 is 0.622 bits per heavy atom. The monoisotopic (exact) mass is 579 g/mol. The molecule has 1 heterocycles. The molecule has 5 aromatic carbocycles. The lowest BCUT2D eigenvalue weighted by atomic mass is 9.98. The number of amidine groups is 1. The molecule has 5 aromatic rings. The number of nitrogens with zero attached hydrogens (tertiary/aromatic N) is 3. The molecule has 0 amide bonds. The first-order valence-corrected chi connectivity index (χ1v) is 15.6. The van der Waals surface area contributed by atoms with E-state index in [0.29, 0.717) is 0 Å². The predicted molar refractivity (Wildman–Crippen MR) is 190 cm³/mol. The molecule has 1 aliphatic heterocycles. The molecule has 3 heteroatoms. The van der Waals surface area contributed by atoms with Crippen molar-refractivity contribution < 1.29 is 0 Å². The van der Waals surface area contributed by atoms with Crippen molar-refractivity contribution in [2.24, 2.45) is 9.98 Å². The zero-order valence-corrected chi connectivity index (χ0v) is 25.2. The molecule has 216 valence electrons. The molecule has 2 atom stereocenters. The summed E-state index contributed by atoms with van der Waals surface area (Å²) in [5.74, 6) is 0.747. The van der Waals surface area contributed by atoms with Crippen molar-refractivity contribution in [1.82, 2.24) is 4.90 Å². The average Bonchev–Trinajstić information content (AvgIpc) is 3.52. The summed E-state index contributed by atoms with van der Waals surface area (Å²) in [5, 5.41) is 4.83. The lowest BCUT2D eigenvalue weighted by molar-refractivity contribution is 0.228. The Kier molecular flexibility index (Phi) is 7.01. The molecule has 0 radical (unpaired) electrons. The third-order valence-corrected chi connectivity index (χ3v) is 9.03. The topological polar surface area (TPSA) is 28.0 Å². The molecule has 0 fully saturated rings. The molecule has 2 unspecified atom stereocenters. The molecule has 0 spiro atoms. The second-order valence-corrected chi connectivity index (χ2v) is 12.0. The third kappa shape index (κ3) is 5.43. The Hall–Kier alpha value is -5.38. The van der Waals surface area contributed by atoms with Gasteiger partial charge in [-0.15, -0.1) is 0 Å². The van der Waals surface area contributed by atoms with E-state index in [0.717, 1.165) is 23.4 Å². The molecule has 3 aliphatic rings. The fourth-order valence-electron chi connectivity index (χ4n) is 6.54. The van der Waals surface area contributed by atoms with Crippen LogP contribution in [-0.4, -0.2) is 24.0 Å². The Balaban J connectivity index is 1.18. The maximum atomic E-state index is 5.34. The van der Waals surface area contributed by atoms with Gasteiger partial charge in [-0.1, -0.05) is 140 Å². The van der Waals surface area contributed by atoms with E-state index in [1.54, 1.807) is 0 Å². The lowest BCUT2D eigenvalue weighted by Crippen LogP contribution is -2.28. The van der Waals surface area contributed by atoms with Crippen LogP contribution < -0.4 is 0 Å². The van der Waals surface area contributed by atoms with Gasteiger partial charge in [0.25, 0.3) is 0 Å². The quantitative estimate of drug-likeness (QED) is 0.208. The summed E-state index contributed by atoms with van der Waals surface area (Å²) in [6, 6.07) is 39.0. The van der Waals surface area contributed by atoms with Crippen molar-refractivity contribution in [2.75, 3.05) is 7.05 Å². The summed E-state index contributed by atoms with van der Waals surface area (Å²) in [4.78, 5) is 12.7. The van der Waals surface area contributed by atoms with E-state index in [1.807, 2.05) is 0 Å². The zero-order chi connectivity index (χ0) is 30.2. The minimum Gasteiger partial charge on any atom is -0.269 e. The summed E-state index contributed by atoms with van der Waals surface area (Å²) in [6.07, 6.45) is 18.2. The Morgan fingerprint density at radius 3 is 2.04 bits per heavy atom. The van der Waals surface area contributed by atoms with Gasteiger partial charge in [0.15, 0.2) is 5.84 Å². The van der Waals surface area contributed by atoms with Crippen LogP contribution in [0.1, 0.15) is 40.9 Å². The molecule has 0 saturated carbocycles. The van der Waals surface area contributed by atoms with Crippen LogP contribution in [0.15, 0.2) is 173 Å². The van der Waals surface area contributed by atoms with Crippen LogP contribution in [0.25, 0.3) is 27.1 Å². The van der Waals surface area contributed by atoms with Crippen LogP contribution in [-0.2, 0) is 0 Å². The highest BCUT2D eigenvalue weighted by Crippen LogP contribution is 2.35. The van der Waals surface area contributed by atoms with E-state index in [9.17, 15) is 0 Å². The van der Waals surface area contributed by atoms with Crippen molar-refractivity contribution in [3.05, 3.63) is 185 Å². The maximum Gasteiger partial charge on any atom is 0.156 e. The second kappa shape index (κ2) is 11.6. The number of rotatable bonds is 4. The summed E-state index contributed by atoms with van der Waals surface area (Å²) in [6.45, 7) is 0. The number of aliphatic imine (C=N–C) groups is 2. The van der Waals surface area contributed by atoms with Gasteiger partial charge in [0, 0.05) is 11.8 Å². The minimum absolute atomic E-state index is 0.0587. The Bertz CT molecular complexity index is 2150. The summed E-state index contributed by atoms with van der Waals surface area (Å²) in [7, 11) is 2.16. The Morgan fingerprint density at radius 2 is 1.27 bits per heavy atom. The lowest BCUT2D eigenvalue weighted by Gasteiger charge is -2.30. The van der Waals surface area contributed by atoms with Crippen LogP contribution in [0.5, 0.6) is 0 Å². The molecular formula is C42H33N3. The minimum atomic E-state index is -0.216. The summed E-state index contributed by atoms with van der Waals surface area (Å²) in [5.41, 5.74) is 8.44. The van der Waals surface area contributed by atoms with Crippen molar-refractivity contribution >= 4 is 39.2 Å². The number of hydrogen-bond acceptors (Lipinski definition) is 3. The van der Waals surface area contributed by atoms with Crippen LogP contribution >= 0.6 is 0 Å². The van der Waals surface area contributed by atoms with Gasteiger partial charge in [-0.25, -0.2) is 9.98 Å². The fraction of sp³-hybridized carbons (Fsp3) is 0.0952. The first-order chi connectivity index (χ1) is 22.2. The highest BCUT2D eigenvalue weighted by atomic mass is 15.3. The molecule has 0 saturated heterocycles. The first-order valence-electron chi connectivity index (χ1n) is 15.6. The molecule has 45 heavy (non-hydrogen) atoms. The highest BCUT2D eigenvalue weighted by molar-refractivity contribution is 6.06. The van der Waals surface area contributed by atoms with Crippen LogP contribution in [0, 0.1) is 0 Å². The molecule has 0 N–H and O–H groups in total. The van der Waals surface area contributed by atoms with E-state index in [4.69, 9.17) is 9.98 Å². The van der Waals surface area contributed by atoms with Gasteiger partial charge in [0.2, 0.25) is 0 Å². The van der Waals surface area contributed by atoms with Gasteiger partial charge in [0.1, 0.15) is 6.17 Å². The van der Waals surface area contributed by atoms with E-state index in [-0.39, 0.29) is 12.2 Å². The van der Waals surface area contributed by atoms with Crippen LogP contribution in [0.3, 0.4) is 0 Å². The number of fused-ring (bicyclic) bond motifs is 4. The normalized spacial score (nSPS) is 19.8. The van der Waals surface area contributed by atoms with Crippen molar-refractivity contribution in [3.63, 3.8) is 0 Å². The maximum absolute atomic E-state index is 5.34. The molecule has 2 bridgehead atoms. The van der Waals surface area contributed by atoms with Crippen molar-refractivity contribution in [2.45, 2.75) is 18.6 Å². The molecule has 3 nitrogen and oxygen atoms in total. The second-order valence-electron chi connectivity index (χ2n) is 12.0. The Labute approximate surface area is 264 Å². The van der Waals surface area contributed by atoms with Crippen molar-refractivity contribution in [3.8, 4) is 0 Å². The van der Waals surface area contributed by atoms with Gasteiger partial charge in [-0.05, 0) is 80.6 Å². The van der Waals surface area contributed by atoms with Crippen LogP contribution in [0.4, 0.5) is 0 Å². The van der Waals surface area contributed by atoms with E-state index in [1.165, 1.54) is 49.4 Å². The standard InChI is InChI=1S/C42H33N3/c1-45-40(34-20-16-33(17-21-34)37-15-14-29-8-2-3-9-30(24-29)25-37)28-43-41(38-22-18-31-10-4-6-12-35(31)26-38)44-42(45)39-23-19-32-11-5-7-13-36(32)27-39/h2-23,25-28,40,42H,24H2,1H3. The van der Waals surface area contributed by atoms with E-state index in [2.05, 4.69) is 170 Å². The summed E-state index contributed by atoms with van der Waals surface area (Å²) >= 11 is 0. The van der Waals surface area contributed by atoms with E-state index < -0.39 is 0 Å². The van der Waals surface area contributed by atoms with Gasteiger partial charge >= 0.3 is 0 Å². The smallest absolute Gasteiger partial charge is 0.156 e. The zero-order valence-electron chi connectivity index (χ0n) is 25.2. The SMILES string of the molecule is CN1C(c2ccc(C3=CC=C4C=CC=CC(=C3)C4)cc2)C=NC(c2ccc3ccccc3c2)=NC1c1ccc2ccccc2c1. The largest absolute Gasteiger partial charge is 0.269 e. The van der Waals surface area contributed by atoms with Crippen molar-refractivity contribution in [1.29, 1.82) is 0 Å². The van der Waals surface area contributed by atoms with Gasteiger partial charge in [0.05, 0.1) is 6.04 Å². The number of allylic oxidation sites excluding steroid dienone is 10. The highest BCUT2D eigenvalue weighted by Gasteiger charge is 2.28. The number of hydrogen-bond donors (Lipinski definition) is 0. The molecule has 8 rings (SSSR count). The van der Waals surface area contributed by atoms with Gasteiger partial charge < -0.3 is 0 Å². The number of benzene rings is 5. The molecular weight excluding hydrogens is 546 g/mol. The first kappa shape index (κ1) is 27.2. The van der Waals surface area contributed by atoms with Crippen LogP contribution in [0.2, 0.25) is 0 Å². The molecule has 0 aromatic heterocycles. The fourth-order valence-corrected chi connectivity index (χ4v) is 6.54. The van der Waals surface area contributed by atoms with E-state index >= 15 is 0 Å². The summed E-state index contributed by atoms with van der Waals surface area (Å²) < 4.78 is 0. The third-order valence-electron chi connectivity index (χ3n) is 9.03.